The number of pyridine rings is 2. The molecule has 0 saturated carbocycles. The highest BCUT2D eigenvalue weighted by atomic mass is 15.1. The quantitative estimate of drug-likeness (QED) is 0.329. The van der Waals surface area contributed by atoms with E-state index in [0.29, 0.717) is 6.04 Å². The molecule has 5 aromatic rings. The molecule has 6 rings (SSSR count). The lowest BCUT2D eigenvalue weighted by molar-refractivity contribution is 0.898. The van der Waals surface area contributed by atoms with Gasteiger partial charge in [0, 0.05) is 41.1 Å². The van der Waals surface area contributed by atoms with Gasteiger partial charge in [-0.2, -0.15) is 5.10 Å². The Balaban J connectivity index is 1.45. The lowest BCUT2D eigenvalue weighted by Gasteiger charge is -2.11. The summed E-state index contributed by atoms with van der Waals surface area (Å²) in [4.78, 5) is 17.2. The molecular weight excluding hydrogens is 410 g/mol. The summed E-state index contributed by atoms with van der Waals surface area (Å²) >= 11 is 0. The highest BCUT2D eigenvalue weighted by Gasteiger charge is 2.17. The average Bonchev–Trinajstić information content (AvgIpc) is 3.57. The molecule has 7 nitrogen and oxygen atoms in total. The Hall–Kier alpha value is -4.26. The van der Waals surface area contributed by atoms with Crippen LogP contribution in [-0.4, -0.2) is 36.2 Å². The smallest absolute Gasteiger partial charge is 0.159 e. The Morgan fingerprint density at radius 3 is 2.73 bits per heavy atom. The number of hydrogen-bond donors (Lipinski definition) is 3. The maximum absolute atomic E-state index is 4.92. The third-order valence-electron chi connectivity index (χ3n) is 5.79. The predicted octanol–water partition coefficient (Wildman–Crippen LogP) is 5.73. The number of benzene rings is 1. The molecule has 0 fully saturated rings. The van der Waals surface area contributed by atoms with Gasteiger partial charge in [0.2, 0.25) is 0 Å². The van der Waals surface area contributed by atoms with E-state index in [1.807, 2.05) is 30.9 Å². The Morgan fingerprint density at radius 2 is 1.88 bits per heavy atom. The van der Waals surface area contributed by atoms with Crippen molar-refractivity contribution in [3.63, 3.8) is 0 Å². The van der Waals surface area contributed by atoms with E-state index in [1.165, 1.54) is 0 Å². The van der Waals surface area contributed by atoms with Crippen LogP contribution in [-0.2, 0) is 0 Å². The first-order chi connectivity index (χ1) is 16.2. The lowest BCUT2D eigenvalue weighted by Crippen LogP contribution is -2.09. The van der Waals surface area contributed by atoms with Gasteiger partial charge in [-0.1, -0.05) is 24.3 Å². The van der Waals surface area contributed by atoms with E-state index in [1.54, 1.807) is 0 Å². The van der Waals surface area contributed by atoms with Crippen LogP contribution in [0, 0.1) is 0 Å². The second kappa shape index (κ2) is 7.70. The molecule has 0 unspecified atom stereocenters. The predicted molar refractivity (Wildman–Crippen MR) is 133 cm³/mol. The molecule has 0 amide bonds. The second-order valence-electron chi connectivity index (χ2n) is 8.56. The van der Waals surface area contributed by atoms with Crippen LogP contribution in [0.5, 0.6) is 0 Å². The fraction of sp³-hybridized carbons (Fsp3) is 0.154. The number of rotatable bonds is 5. The Morgan fingerprint density at radius 1 is 0.970 bits per heavy atom. The standard InChI is InChI=1S/C26H23N7/c1-15(2)29-19-9-18(11-27-12-19)17-7-8-22-20(10-17)25(33-32-22)26-30-23-14-28-13-21(24(23)31-26)16-5-3-4-6-16/h3,5-15,29H,4H2,1-2H3,(H,30,31)(H,32,33). The monoisotopic (exact) mass is 433 g/mol. The van der Waals surface area contributed by atoms with Gasteiger partial charge in [-0.05, 0) is 49.6 Å². The van der Waals surface area contributed by atoms with Crippen molar-refractivity contribution >= 4 is 33.2 Å². The van der Waals surface area contributed by atoms with Crippen LogP contribution in [0.15, 0.2) is 67.3 Å². The van der Waals surface area contributed by atoms with Gasteiger partial charge < -0.3 is 10.3 Å². The summed E-state index contributed by atoms with van der Waals surface area (Å²) in [5.74, 6) is 0.721. The van der Waals surface area contributed by atoms with Crippen molar-refractivity contribution in [3.05, 3.63) is 72.8 Å². The van der Waals surface area contributed by atoms with Crippen LogP contribution in [0.2, 0.25) is 0 Å². The molecule has 3 N–H and O–H groups in total. The summed E-state index contributed by atoms with van der Waals surface area (Å²) < 4.78 is 0. The lowest BCUT2D eigenvalue weighted by atomic mass is 10.0. The van der Waals surface area contributed by atoms with Crippen LogP contribution < -0.4 is 5.32 Å². The van der Waals surface area contributed by atoms with Crippen LogP contribution in [0.1, 0.15) is 25.8 Å². The fourth-order valence-corrected chi connectivity index (χ4v) is 4.30. The van der Waals surface area contributed by atoms with Gasteiger partial charge in [0.25, 0.3) is 0 Å². The highest BCUT2D eigenvalue weighted by molar-refractivity contribution is 5.98. The first-order valence-corrected chi connectivity index (χ1v) is 11.1. The third kappa shape index (κ3) is 3.47. The molecular formula is C26H23N7. The van der Waals surface area contributed by atoms with E-state index in [-0.39, 0.29) is 0 Å². The molecule has 4 heterocycles. The van der Waals surface area contributed by atoms with E-state index >= 15 is 0 Å². The van der Waals surface area contributed by atoms with E-state index in [4.69, 9.17) is 4.98 Å². The van der Waals surface area contributed by atoms with Crippen molar-refractivity contribution in [2.24, 2.45) is 0 Å². The minimum absolute atomic E-state index is 0.341. The van der Waals surface area contributed by atoms with Gasteiger partial charge in [0.05, 0.1) is 28.4 Å². The highest BCUT2D eigenvalue weighted by Crippen LogP contribution is 2.33. The number of aromatic nitrogens is 6. The summed E-state index contributed by atoms with van der Waals surface area (Å²) in [6.45, 7) is 4.23. The zero-order chi connectivity index (χ0) is 22.4. The van der Waals surface area contributed by atoms with E-state index in [9.17, 15) is 0 Å². The van der Waals surface area contributed by atoms with Crippen molar-refractivity contribution in [1.82, 2.24) is 30.1 Å². The minimum Gasteiger partial charge on any atom is -0.382 e. The Kier molecular flexibility index (Phi) is 4.54. The van der Waals surface area contributed by atoms with Crippen molar-refractivity contribution in [2.45, 2.75) is 26.3 Å². The van der Waals surface area contributed by atoms with Gasteiger partial charge in [0.1, 0.15) is 5.69 Å². The van der Waals surface area contributed by atoms with Gasteiger partial charge in [-0.3, -0.25) is 15.1 Å². The Labute approximate surface area is 190 Å². The van der Waals surface area contributed by atoms with Crippen LogP contribution >= 0.6 is 0 Å². The summed E-state index contributed by atoms with van der Waals surface area (Å²) in [6, 6.07) is 8.73. The molecule has 0 atom stereocenters. The minimum atomic E-state index is 0.341. The SMILES string of the molecule is CC(C)Nc1cncc(-c2ccc3[nH]nc(-c4nc5c(C6=CCC=C6)cncc5[nH]4)c3c2)c1. The van der Waals surface area contributed by atoms with Crippen molar-refractivity contribution < 1.29 is 0 Å². The van der Waals surface area contributed by atoms with Crippen molar-refractivity contribution in [3.8, 4) is 22.6 Å². The second-order valence-corrected chi connectivity index (χ2v) is 8.56. The van der Waals surface area contributed by atoms with Crippen molar-refractivity contribution in [1.29, 1.82) is 0 Å². The Bertz CT molecular complexity index is 1550. The van der Waals surface area contributed by atoms with E-state index in [0.717, 1.165) is 67.8 Å². The van der Waals surface area contributed by atoms with Gasteiger partial charge in [0.15, 0.2) is 5.82 Å². The van der Waals surface area contributed by atoms with Crippen molar-refractivity contribution in [2.75, 3.05) is 5.32 Å². The van der Waals surface area contributed by atoms with Crippen LogP contribution in [0.3, 0.4) is 0 Å². The largest absolute Gasteiger partial charge is 0.382 e. The molecule has 1 aliphatic carbocycles. The van der Waals surface area contributed by atoms with Crippen LogP contribution in [0.25, 0.3) is 50.2 Å². The normalized spacial score (nSPS) is 13.4. The molecule has 1 aromatic carbocycles. The maximum Gasteiger partial charge on any atom is 0.159 e. The molecule has 0 aliphatic heterocycles. The maximum atomic E-state index is 4.92. The fourth-order valence-electron chi connectivity index (χ4n) is 4.30. The number of anilines is 1. The molecule has 0 bridgehead atoms. The topological polar surface area (TPSA) is 95.2 Å². The first-order valence-electron chi connectivity index (χ1n) is 11.1. The molecule has 0 spiro atoms. The van der Waals surface area contributed by atoms with E-state index < -0.39 is 0 Å². The average molecular weight is 434 g/mol. The number of H-pyrrole nitrogens is 2. The van der Waals surface area contributed by atoms with Gasteiger partial charge in [-0.25, -0.2) is 4.98 Å². The number of aromatic amines is 2. The molecule has 162 valence electrons. The molecule has 0 radical (unpaired) electrons. The summed E-state index contributed by atoms with van der Waals surface area (Å²) in [6.07, 6.45) is 14.8. The number of nitrogens with one attached hydrogen (secondary N) is 3. The number of imidazole rings is 1. The van der Waals surface area contributed by atoms with Gasteiger partial charge >= 0.3 is 0 Å². The molecule has 7 heteroatoms. The van der Waals surface area contributed by atoms with Crippen LogP contribution in [0.4, 0.5) is 5.69 Å². The number of allylic oxidation sites excluding steroid dienone is 4. The van der Waals surface area contributed by atoms with Gasteiger partial charge in [-0.15, -0.1) is 0 Å². The zero-order valence-electron chi connectivity index (χ0n) is 18.4. The molecule has 4 aromatic heterocycles. The molecule has 1 aliphatic rings. The number of hydrogen-bond acceptors (Lipinski definition) is 5. The third-order valence-corrected chi connectivity index (χ3v) is 5.79. The number of nitrogens with zero attached hydrogens (tertiary/aromatic N) is 4. The summed E-state index contributed by atoms with van der Waals surface area (Å²) in [5, 5.41) is 12.1. The molecule has 0 saturated heterocycles. The summed E-state index contributed by atoms with van der Waals surface area (Å²) in [5.41, 5.74) is 8.85. The zero-order valence-corrected chi connectivity index (χ0v) is 18.4. The number of fused-ring (bicyclic) bond motifs is 2. The first kappa shape index (κ1) is 19.4. The van der Waals surface area contributed by atoms with E-state index in [2.05, 4.69) is 80.7 Å². The molecule has 33 heavy (non-hydrogen) atoms. The summed E-state index contributed by atoms with van der Waals surface area (Å²) in [7, 11) is 0.